The molecule has 0 saturated carbocycles. The molecule has 0 aliphatic rings. The van der Waals surface area contributed by atoms with Crippen molar-refractivity contribution in [1.29, 1.82) is 0 Å². The van der Waals surface area contributed by atoms with Gasteiger partial charge in [-0.1, -0.05) is 25.4 Å². The Morgan fingerprint density at radius 1 is 1.37 bits per heavy atom. The van der Waals surface area contributed by atoms with Gasteiger partial charge in [-0.3, -0.25) is 9.59 Å². The van der Waals surface area contributed by atoms with E-state index < -0.39 is 0 Å². The van der Waals surface area contributed by atoms with Crippen molar-refractivity contribution < 1.29 is 14.3 Å². The van der Waals surface area contributed by atoms with Gasteiger partial charge in [-0.15, -0.1) is 0 Å². The lowest BCUT2D eigenvalue weighted by atomic mass is 10.1. The first kappa shape index (κ1) is 15.5. The van der Waals surface area contributed by atoms with Crippen LogP contribution in [0.1, 0.15) is 31.1 Å². The molecule has 1 aromatic carbocycles. The Morgan fingerprint density at radius 2 is 2.05 bits per heavy atom. The highest BCUT2D eigenvalue weighted by molar-refractivity contribution is 6.31. The molecular weight excluding hydrogens is 266 g/mol. The number of amides is 1. The van der Waals surface area contributed by atoms with E-state index in [2.05, 4.69) is 5.32 Å². The summed E-state index contributed by atoms with van der Waals surface area (Å²) in [6.45, 7) is 5.93. The van der Waals surface area contributed by atoms with Crippen LogP contribution in [0.4, 0.5) is 0 Å². The molecule has 1 N–H and O–H groups in total. The molecule has 0 unspecified atom stereocenters. The number of hydrogen-bond donors (Lipinski definition) is 1. The lowest BCUT2D eigenvalue weighted by Crippen LogP contribution is -2.31. The summed E-state index contributed by atoms with van der Waals surface area (Å²) in [5.41, 5.74) is 0.379. The topological polar surface area (TPSA) is 55.4 Å². The van der Waals surface area contributed by atoms with E-state index in [1.165, 1.54) is 13.0 Å². The fourth-order valence-corrected chi connectivity index (χ4v) is 1.59. The Labute approximate surface area is 118 Å². The summed E-state index contributed by atoms with van der Waals surface area (Å²) in [5, 5.41) is 3.20. The van der Waals surface area contributed by atoms with Crippen molar-refractivity contribution in [2.75, 3.05) is 13.2 Å². The van der Waals surface area contributed by atoms with Crippen LogP contribution in [-0.2, 0) is 4.79 Å². The molecule has 1 rings (SSSR count). The number of hydrogen-bond acceptors (Lipinski definition) is 3. The van der Waals surface area contributed by atoms with Crippen molar-refractivity contribution in [2.45, 2.75) is 20.8 Å². The lowest BCUT2D eigenvalue weighted by Gasteiger charge is -2.11. The summed E-state index contributed by atoms with van der Waals surface area (Å²) in [7, 11) is 0. The molecule has 4 nitrogen and oxygen atoms in total. The van der Waals surface area contributed by atoms with E-state index in [-0.39, 0.29) is 18.3 Å². The van der Waals surface area contributed by atoms with Gasteiger partial charge >= 0.3 is 0 Å². The summed E-state index contributed by atoms with van der Waals surface area (Å²) in [4.78, 5) is 23.0. The number of halogens is 1. The van der Waals surface area contributed by atoms with E-state index in [1.54, 1.807) is 12.1 Å². The minimum Gasteiger partial charge on any atom is -0.483 e. The van der Waals surface area contributed by atoms with Crippen molar-refractivity contribution >= 4 is 23.3 Å². The zero-order valence-electron chi connectivity index (χ0n) is 11.3. The molecule has 5 heteroatoms. The molecule has 0 aromatic heterocycles. The fourth-order valence-electron chi connectivity index (χ4n) is 1.42. The van der Waals surface area contributed by atoms with Crippen LogP contribution < -0.4 is 10.1 Å². The first-order valence-corrected chi connectivity index (χ1v) is 6.48. The van der Waals surface area contributed by atoms with E-state index in [0.717, 1.165) is 0 Å². The molecule has 0 aliphatic carbocycles. The highest BCUT2D eigenvalue weighted by Crippen LogP contribution is 2.23. The quantitative estimate of drug-likeness (QED) is 0.817. The van der Waals surface area contributed by atoms with Crippen LogP contribution in [0.15, 0.2) is 18.2 Å². The highest BCUT2D eigenvalue weighted by atomic mass is 35.5. The van der Waals surface area contributed by atoms with Crippen molar-refractivity contribution in [1.82, 2.24) is 5.32 Å². The van der Waals surface area contributed by atoms with Gasteiger partial charge in [0.05, 0.1) is 5.56 Å². The molecule has 0 atom stereocenters. The van der Waals surface area contributed by atoms with Crippen LogP contribution in [0, 0.1) is 5.92 Å². The van der Waals surface area contributed by atoms with Gasteiger partial charge in [-0.05, 0) is 31.0 Å². The Morgan fingerprint density at radius 3 is 2.63 bits per heavy atom. The molecule has 0 radical (unpaired) electrons. The Hall–Kier alpha value is -1.55. The molecule has 0 saturated heterocycles. The van der Waals surface area contributed by atoms with E-state index >= 15 is 0 Å². The number of benzene rings is 1. The van der Waals surface area contributed by atoms with Crippen molar-refractivity contribution in [3.05, 3.63) is 28.8 Å². The number of ether oxygens (including phenoxy) is 1. The first-order chi connectivity index (χ1) is 8.90. The average molecular weight is 284 g/mol. The third-order valence-electron chi connectivity index (χ3n) is 2.39. The Bertz CT molecular complexity index is 472. The fraction of sp³-hybridized carbons (Fsp3) is 0.429. The smallest absolute Gasteiger partial charge is 0.257 e. The van der Waals surface area contributed by atoms with E-state index in [1.807, 2.05) is 13.8 Å². The van der Waals surface area contributed by atoms with E-state index in [0.29, 0.717) is 28.8 Å². The molecule has 19 heavy (non-hydrogen) atoms. The van der Waals surface area contributed by atoms with Crippen molar-refractivity contribution in [3.8, 4) is 5.75 Å². The van der Waals surface area contributed by atoms with Gasteiger partial charge in [0.2, 0.25) is 0 Å². The zero-order valence-corrected chi connectivity index (χ0v) is 12.1. The Balaban J connectivity index is 2.62. The number of carbonyl (C=O) groups excluding carboxylic acids is 2. The minimum atomic E-state index is -0.210. The molecule has 1 aromatic rings. The molecule has 0 aliphatic heterocycles. The lowest BCUT2D eigenvalue weighted by molar-refractivity contribution is -0.123. The van der Waals surface area contributed by atoms with Gasteiger partial charge in [0.25, 0.3) is 5.91 Å². The maximum Gasteiger partial charge on any atom is 0.257 e. The van der Waals surface area contributed by atoms with E-state index in [4.69, 9.17) is 16.3 Å². The van der Waals surface area contributed by atoms with Gasteiger partial charge in [0, 0.05) is 11.6 Å². The Kier molecular flexibility index (Phi) is 5.83. The minimum absolute atomic E-state index is 0.116. The summed E-state index contributed by atoms with van der Waals surface area (Å²) in [5.74, 6) is 0.391. The first-order valence-electron chi connectivity index (χ1n) is 6.10. The number of rotatable bonds is 6. The highest BCUT2D eigenvalue weighted by Gasteiger charge is 2.11. The average Bonchev–Trinajstić information content (AvgIpc) is 2.34. The number of nitrogens with one attached hydrogen (secondary N) is 1. The normalized spacial score (nSPS) is 10.4. The van der Waals surface area contributed by atoms with Crippen LogP contribution in [0.2, 0.25) is 5.02 Å². The second-order valence-corrected chi connectivity index (χ2v) is 5.12. The third kappa shape index (κ3) is 5.30. The predicted molar refractivity (Wildman–Crippen MR) is 74.8 cm³/mol. The largest absolute Gasteiger partial charge is 0.483 e. The van der Waals surface area contributed by atoms with Gasteiger partial charge < -0.3 is 10.1 Å². The van der Waals surface area contributed by atoms with Crippen molar-refractivity contribution in [2.24, 2.45) is 5.92 Å². The van der Waals surface area contributed by atoms with Crippen LogP contribution in [0.5, 0.6) is 5.75 Å². The van der Waals surface area contributed by atoms with Crippen molar-refractivity contribution in [3.63, 3.8) is 0 Å². The molecular formula is C14H18ClNO3. The monoisotopic (exact) mass is 283 g/mol. The second kappa shape index (κ2) is 7.14. The second-order valence-electron chi connectivity index (χ2n) is 4.68. The molecule has 104 valence electrons. The summed E-state index contributed by atoms with van der Waals surface area (Å²) in [6, 6.07) is 4.75. The maximum absolute atomic E-state index is 11.5. The molecule has 0 spiro atoms. The van der Waals surface area contributed by atoms with Gasteiger partial charge in [0.15, 0.2) is 12.4 Å². The van der Waals surface area contributed by atoms with Crippen LogP contribution >= 0.6 is 11.6 Å². The molecule has 0 fully saturated rings. The molecule has 1 amide bonds. The standard InChI is InChI=1S/C14H18ClNO3/c1-9(2)7-16-14(18)8-19-13-5-4-11(15)6-12(13)10(3)17/h4-6,9H,7-8H2,1-3H3,(H,16,18). The molecule has 0 bridgehead atoms. The van der Waals surface area contributed by atoms with Crippen LogP contribution in [-0.4, -0.2) is 24.8 Å². The van der Waals surface area contributed by atoms with Crippen LogP contribution in [0.25, 0.3) is 0 Å². The maximum atomic E-state index is 11.5. The van der Waals surface area contributed by atoms with Gasteiger partial charge in [0.1, 0.15) is 5.75 Å². The zero-order chi connectivity index (χ0) is 14.4. The van der Waals surface area contributed by atoms with Gasteiger partial charge in [-0.2, -0.15) is 0 Å². The third-order valence-corrected chi connectivity index (χ3v) is 2.62. The van der Waals surface area contributed by atoms with Gasteiger partial charge in [-0.25, -0.2) is 0 Å². The van der Waals surface area contributed by atoms with E-state index in [9.17, 15) is 9.59 Å². The number of carbonyl (C=O) groups is 2. The molecule has 0 heterocycles. The number of Topliss-reactive ketones (excluding diaryl/α,β-unsaturated/α-hetero) is 1. The predicted octanol–water partition coefficient (Wildman–Crippen LogP) is 2.69. The number of ketones is 1. The summed E-state index contributed by atoms with van der Waals surface area (Å²) >= 11 is 5.82. The SMILES string of the molecule is CC(=O)c1cc(Cl)ccc1OCC(=O)NCC(C)C. The summed E-state index contributed by atoms with van der Waals surface area (Å²) < 4.78 is 5.36. The van der Waals surface area contributed by atoms with Crippen LogP contribution in [0.3, 0.4) is 0 Å². The summed E-state index contributed by atoms with van der Waals surface area (Å²) in [6.07, 6.45) is 0.